The largest absolute Gasteiger partial charge is 0.493 e. The number of nitrogens with one attached hydrogen (secondary N) is 1. The smallest absolute Gasteiger partial charge is 0.162 e. The summed E-state index contributed by atoms with van der Waals surface area (Å²) in [5.74, 6) is 1.86. The Morgan fingerprint density at radius 3 is 2.59 bits per heavy atom. The number of methoxy groups -OCH3 is 2. The van der Waals surface area contributed by atoms with Gasteiger partial charge in [0.25, 0.3) is 0 Å². The number of benzene rings is 2. The number of para-hydroxylation sites is 1. The number of hydrogen-bond donors (Lipinski definition) is 2. The molecule has 6 nitrogen and oxygen atoms in total. The SMILES string of the molecule is COc1ccc(N2C=Cc3nc(N)cc(Nc4ccccc4Br)c3C2)cc1OC. The van der Waals surface area contributed by atoms with Crippen molar-refractivity contribution >= 4 is 44.9 Å². The van der Waals surface area contributed by atoms with Crippen LogP contribution < -0.4 is 25.4 Å². The summed E-state index contributed by atoms with van der Waals surface area (Å²) in [4.78, 5) is 6.63. The first-order valence-corrected chi connectivity index (χ1v) is 9.86. The van der Waals surface area contributed by atoms with Gasteiger partial charge in [0, 0.05) is 39.7 Å². The summed E-state index contributed by atoms with van der Waals surface area (Å²) in [5, 5.41) is 3.48. The number of anilines is 4. The molecule has 0 bridgehead atoms. The van der Waals surface area contributed by atoms with Crippen molar-refractivity contribution < 1.29 is 9.47 Å². The Hall–Kier alpha value is -3.19. The molecule has 1 aromatic heterocycles. The Labute approximate surface area is 178 Å². The van der Waals surface area contributed by atoms with Gasteiger partial charge in [-0.3, -0.25) is 0 Å². The van der Waals surface area contributed by atoms with Gasteiger partial charge in [-0.1, -0.05) is 12.1 Å². The molecule has 0 spiro atoms. The highest BCUT2D eigenvalue weighted by Gasteiger charge is 2.19. The molecule has 2 aromatic carbocycles. The van der Waals surface area contributed by atoms with Crippen LogP contribution in [0.1, 0.15) is 11.3 Å². The number of aromatic nitrogens is 1. The molecule has 1 aliphatic heterocycles. The fourth-order valence-electron chi connectivity index (χ4n) is 3.30. The number of halogens is 1. The molecule has 29 heavy (non-hydrogen) atoms. The first-order chi connectivity index (χ1) is 14.1. The predicted octanol–water partition coefficient (Wildman–Crippen LogP) is 5.18. The zero-order valence-electron chi connectivity index (χ0n) is 16.1. The van der Waals surface area contributed by atoms with Crippen LogP contribution in [0.15, 0.2) is 59.2 Å². The van der Waals surface area contributed by atoms with E-state index in [2.05, 4.69) is 31.1 Å². The summed E-state index contributed by atoms with van der Waals surface area (Å²) in [6, 6.07) is 15.7. The van der Waals surface area contributed by atoms with Gasteiger partial charge in [-0.2, -0.15) is 0 Å². The number of nitrogens with zero attached hydrogens (tertiary/aromatic N) is 2. The summed E-state index contributed by atoms with van der Waals surface area (Å²) < 4.78 is 11.8. The Morgan fingerprint density at radius 2 is 1.83 bits per heavy atom. The molecule has 0 radical (unpaired) electrons. The Morgan fingerprint density at radius 1 is 1.03 bits per heavy atom. The lowest BCUT2D eigenvalue weighted by molar-refractivity contribution is 0.355. The molecular formula is C22H21BrN4O2. The van der Waals surface area contributed by atoms with Gasteiger partial charge in [0.05, 0.1) is 32.1 Å². The third-order valence-corrected chi connectivity index (χ3v) is 5.45. The molecule has 0 fully saturated rings. The molecule has 0 saturated carbocycles. The number of rotatable bonds is 5. The van der Waals surface area contributed by atoms with E-state index in [1.54, 1.807) is 14.2 Å². The Balaban J connectivity index is 1.69. The van der Waals surface area contributed by atoms with Crippen LogP contribution in [-0.4, -0.2) is 19.2 Å². The van der Waals surface area contributed by atoms with Crippen molar-refractivity contribution in [3.8, 4) is 11.5 Å². The minimum absolute atomic E-state index is 0.475. The van der Waals surface area contributed by atoms with Crippen molar-refractivity contribution in [3.05, 3.63) is 70.5 Å². The number of nitrogen functional groups attached to an aromatic ring is 1. The number of nitrogens with two attached hydrogens (primary N) is 1. The highest BCUT2D eigenvalue weighted by molar-refractivity contribution is 9.10. The van der Waals surface area contributed by atoms with Crippen LogP contribution >= 0.6 is 15.9 Å². The summed E-state index contributed by atoms with van der Waals surface area (Å²) in [6.45, 7) is 0.640. The fraction of sp³-hybridized carbons (Fsp3) is 0.136. The summed E-state index contributed by atoms with van der Waals surface area (Å²) in [7, 11) is 3.26. The predicted molar refractivity (Wildman–Crippen MR) is 121 cm³/mol. The third-order valence-electron chi connectivity index (χ3n) is 4.76. The molecule has 4 rings (SSSR count). The Kier molecular flexibility index (Phi) is 5.31. The van der Waals surface area contributed by atoms with Gasteiger partial charge in [-0.15, -0.1) is 0 Å². The van der Waals surface area contributed by atoms with E-state index in [-0.39, 0.29) is 0 Å². The molecule has 3 N–H and O–H groups in total. The number of pyridine rings is 1. The van der Waals surface area contributed by atoms with Gasteiger partial charge >= 0.3 is 0 Å². The van der Waals surface area contributed by atoms with E-state index < -0.39 is 0 Å². The van der Waals surface area contributed by atoms with Crippen LogP contribution in [0.3, 0.4) is 0 Å². The second kappa shape index (κ2) is 8.05. The average Bonchev–Trinajstić information content (AvgIpc) is 2.74. The van der Waals surface area contributed by atoms with Crippen molar-refractivity contribution in [2.75, 3.05) is 30.2 Å². The second-order valence-electron chi connectivity index (χ2n) is 6.55. The summed E-state index contributed by atoms with van der Waals surface area (Å²) in [5.41, 5.74) is 10.9. The molecule has 2 heterocycles. The molecular weight excluding hydrogens is 432 g/mol. The van der Waals surface area contributed by atoms with Crippen LogP contribution in [0.2, 0.25) is 0 Å². The molecule has 3 aromatic rings. The van der Waals surface area contributed by atoms with Gasteiger partial charge in [-0.25, -0.2) is 4.98 Å². The zero-order chi connectivity index (χ0) is 20.4. The fourth-order valence-corrected chi connectivity index (χ4v) is 3.68. The third kappa shape index (κ3) is 3.86. The standard InChI is InChI=1S/C22H21BrN4O2/c1-28-20-8-7-14(11-21(20)29-2)27-10-9-17-15(13-27)19(12-22(24)26-17)25-18-6-4-3-5-16(18)23/h3-12H,13H2,1-2H3,(H3,24,25,26). The molecule has 0 unspecified atom stereocenters. The lowest BCUT2D eigenvalue weighted by Crippen LogP contribution is -2.21. The maximum Gasteiger partial charge on any atom is 0.162 e. The van der Waals surface area contributed by atoms with E-state index in [0.29, 0.717) is 23.9 Å². The lowest BCUT2D eigenvalue weighted by Gasteiger charge is -2.28. The number of hydrogen-bond acceptors (Lipinski definition) is 6. The average molecular weight is 453 g/mol. The van der Waals surface area contributed by atoms with Gasteiger partial charge in [0.1, 0.15) is 5.82 Å². The maximum atomic E-state index is 6.05. The van der Waals surface area contributed by atoms with E-state index in [1.165, 1.54) is 0 Å². The second-order valence-corrected chi connectivity index (χ2v) is 7.40. The van der Waals surface area contributed by atoms with Crippen LogP contribution in [0, 0.1) is 0 Å². The minimum Gasteiger partial charge on any atom is -0.493 e. The van der Waals surface area contributed by atoms with E-state index >= 15 is 0 Å². The van der Waals surface area contributed by atoms with Crippen LogP contribution in [0.25, 0.3) is 6.08 Å². The van der Waals surface area contributed by atoms with Crippen LogP contribution in [0.5, 0.6) is 11.5 Å². The van der Waals surface area contributed by atoms with Crippen molar-refractivity contribution in [3.63, 3.8) is 0 Å². The van der Waals surface area contributed by atoms with Gasteiger partial charge in [0.15, 0.2) is 11.5 Å². The minimum atomic E-state index is 0.475. The highest BCUT2D eigenvalue weighted by atomic mass is 79.9. The van der Waals surface area contributed by atoms with E-state index in [9.17, 15) is 0 Å². The highest BCUT2D eigenvalue weighted by Crippen LogP contribution is 2.36. The molecule has 1 aliphatic rings. The molecule has 0 aliphatic carbocycles. The van der Waals surface area contributed by atoms with E-state index in [0.717, 1.165) is 32.8 Å². The van der Waals surface area contributed by atoms with Crippen molar-refractivity contribution in [1.29, 1.82) is 0 Å². The number of ether oxygens (including phenoxy) is 2. The van der Waals surface area contributed by atoms with Gasteiger partial charge < -0.3 is 25.4 Å². The van der Waals surface area contributed by atoms with Gasteiger partial charge in [0.2, 0.25) is 0 Å². The van der Waals surface area contributed by atoms with E-state index in [1.807, 2.05) is 60.8 Å². The summed E-state index contributed by atoms with van der Waals surface area (Å²) in [6.07, 6.45) is 3.97. The quantitative estimate of drug-likeness (QED) is 0.555. The molecule has 0 amide bonds. The molecule has 148 valence electrons. The lowest BCUT2D eigenvalue weighted by atomic mass is 10.1. The molecule has 7 heteroatoms. The number of fused-ring (bicyclic) bond motifs is 1. The maximum absolute atomic E-state index is 6.05. The first-order valence-electron chi connectivity index (χ1n) is 9.07. The zero-order valence-corrected chi connectivity index (χ0v) is 17.7. The van der Waals surface area contributed by atoms with Crippen molar-refractivity contribution in [2.45, 2.75) is 6.54 Å². The summed E-state index contributed by atoms with van der Waals surface area (Å²) >= 11 is 3.59. The van der Waals surface area contributed by atoms with Crippen molar-refractivity contribution in [2.24, 2.45) is 0 Å². The molecule has 0 saturated heterocycles. The normalized spacial score (nSPS) is 12.4. The van der Waals surface area contributed by atoms with Crippen molar-refractivity contribution in [1.82, 2.24) is 4.98 Å². The van der Waals surface area contributed by atoms with Crippen LogP contribution in [0.4, 0.5) is 22.9 Å². The molecule has 0 atom stereocenters. The monoisotopic (exact) mass is 452 g/mol. The van der Waals surface area contributed by atoms with E-state index in [4.69, 9.17) is 15.2 Å². The van der Waals surface area contributed by atoms with Crippen LogP contribution in [-0.2, 0) is 6.54 Å². The topological polar surface area (TPSA) is 72.6 Å². The van der Waals surface area contributed by atoms with Gasteiger partial charge in [-0.05, 0) is 46.3 Å². The first kappa shape index (κ1) is 19.1. The Bertz CT molecular complexity index is 1080.